The first-order valence-corrected chi connectivity index (χ1v) is 10.6. The minimum Gasteiger partial charge on any atom is -0.497 e. The molecule has 0 aliphatic rings. The summed E-state index contributed by atoms with van der Waals surface area (Å²) in [6, 6.07) is 9.78. The summed E-state index contributed by atoms with van der Waals surface area (Å²) in [5.41, 5.74) is 3.02. The molecule has 3 aromatic rings. The molecular formula is C21H29IN6OS. The van der Waals surface area contributed by atoms with Crippen molar-refractivity contribution in [2.45, 2.75) is 39.8 Å². The Kier molecular flexibility index (Phi) is 9.57. The number of nitrogens with one attached hydrogen (secondary N) is 2. The van der Waals surface area contributed by atoms with E-state index in [2.05, 4.69) is 51.9 Å². The lowest BCUT2D eigenvalue weighted by Gasteiger charge is -2.09. The topological polar surface area (TPSA) is 76.4 Å². The van der Waals surface area contributed by atoms with Crippen LogP contribution in [0.4, 0.5) is 0 Å². The van der Waals surface area contributed by atoms with Crippen molar-refractivity contribution in [3.05, 3.63) is 58.3 Å². The number of ether oxygens (including phenoxy) is 1. The van der Waals surface area contributed by atoms with Crippen LogP contribution in [0.15, 0.2) is 46.9 Å². The Morgan fingerprint density at radius 2 is 1.97 bits per heavy atom. The third-order valence-corrected chi connectivity index (χ3v) is 5.16. The minimum absolute atomic E-state index is 0. The Labute approximate surface area is 199 Å². The number of aliphatic imine (C=N–C) groups is 1. The van der Waals surface area contributed by atoms with Crippen LogP contribution >= 0.6 is 35.3 Å². The summed E-state index contributed by atoms with van der Waals surface area (Å²) in [5.74, 6) is 2.03. The van der Waals surface area contributed by atoms with E-state index < -0.39 is 0 Å². The van der Waals surface area contributed by atoms with Crippen molar-refractivity contribution in [1.29, 1.82) is 0 Å². The summed E-state index contributed by atoms with van der Waals surface area (Å²) >= 11 is 1.67. The van der Waals surface area contributed by atoms with Crippen molar-refractivity contribution in [2.75, 3.05) is 13.7 Å². The summed E-state index contributed by atoms with van der Waals surface area (Å²) in [7, 11) is 1.66. The zero-order valence-electron chi connectivity index (χ0n) is 17.8. The number of hydrogen-bond donors (Lipinski definition) is 2. The van der Waals surface area contributed by atoms with Gasteiger partial charge in [0, 0.05) is 18.1 Å². The van der Waals surface area contributed by atoms with Gasteiger partial charge in [0.05, 0.1) is 37.3 Å². The average molecular weight is 540 g/mol. The van der Waals surface area contributed by atoms with Crippen molar-refractivity contribution >= 4 is 41.3 Å². The molecule has 30 heavy (non-hydrogen) atoms. The molecule has 3 rings (SSSR count). The van der Waals surface area contributed by atoms with Gasteiger partial charge in [-0.3, -0.25) is 0 Å². The van der Waals surface area contributed by atoms with Crippen LogP contribution in [0.5, 0.6) is 5.75 Å². The highest BCUT2D eigenvalue weighted by Crippen LogP contribution is 2.17. The van der Waals surface area contributed by atoms with E-state index >= 15 is 0 Å². The van der Waals surface area contributed by atoms with Crippen LogP contribution in [-0.2, 0) is 13.1 Å². The monoisotopic (exact) mass is 540 g/mol. The Morgan fingerprint density at radius 1 is 1.20 bits per heavy atom. The number of hydrogen-bond acceptors (Lipinski definition) is 5. The van der Waals surface area contributed by atoms with E-state index in [0.29, 0.717) is 19.0 Å². The van der Waals surface area contributed by atoms with Crippen LogP contribution in [-0.4, -0.2) is 34.4 Å². The Hall–Kier alpha value is -2.14. The van der Waals surface area contributed by atoms with E-state index in [0.717, 1.165) is 40.3 Å². The lowest BCUT2D eigenvalue weighted by molar-refractivity contribution is 0.414. The quantitative estimate of drug-likeness (QED) is 0.253. The standard InChI is InChI=1S/C21H28N6OS.HI/c1-5-22-21(24-13-20-25-19(14-29-20)15(2)3)23-12-16-10-11-27(26-16)17-6-8-18(28-4)9-7-17;/h6-11,14-15H,5,12-13H2,1-4H3,(H2,22,23,24);1H. The molecule has 2 aromatic heterocycles. The number of methoxy groups -OCH3 is 1. The molecule has 162 valence electrons. The number of benzene rings is 1. The predicted molar refractivity (Wildman–Crippen MR) is 133 cm³/mol. The molecule has 0 spiro atoms. The first kappa shape index (κ1) is 24.1. The maximum Gasteiger partial charge on any atom is 0.191 e. The minimum atomic E-state index is 0. The van der Waals surface area contributed by atoms with Crippen molar-refractivity contribution in [2.24, 2.45) is 4.99 Å². The molecule has 2 N–H and O–H groups in total. The zero-order chi connectivity index (χ0) is 20.6. The maximum atomic E-state index is 5.20. The van der Waals surface area contributed by atoms with E-state index in [1.807, 2.05) is 41.2 Å². The van der Waals surface area contributed by atoms with Gasteiger partial charge in [-0.1, -0.05) is 13.8 Å². The first-order valence-electron chi connectivity index (χ1n) is 9.74. The molecular weight excluding hydrogens is 511 g/mol. The number of aromatic nitrogens is 3. The van der Waals surface area contributed by atoms with Gasteiger partial charge >= 0.3 is 0 Å². The summed E-state index contributed by atoms with van der Waals surface area (Å²) in [5, 5.41) is 14.4. The number of nitrogens with zero attached hydrogens (tertiary/aromatic N) is 4. The number of thiazole rings is 1. The molecule has 0 aliphatic carbocycles. The van der Waals surface area contributed by atoms with E-state index in [9.17, 15) is 0 Å². The van der Waals surface area contributed by atoms with Gasteiger partial charge in [-0.2, -0.15) is 5.10 Å². The number of halogens is 1. The number of rotatable bonds is 8. The van der Waals surface area contributed by atoms with Crippen molar-refractivity contribution in [3.63, 3.8) is 0 Å². The molecule has 0 amide bonds. The SMILES string of the molecule is CCNC(=NCc1ccn(-c2ccc(OC)cc2)n1)NCc1nc(C(C)C)cs1.I. The molecule has 0 bridgehead atoms. The van der Waals surface area contributed by atoms with Crippen LogP contribution in [0.2, 0.25) is 0 Å². The summed E-state index contributed by atoms with van der Waals surface area (Å²) in [6.07, 6.45) is 1.94. The van der Waals surface area contributed by atoms with Gasteiger partial charge in [-0.05, 0) is 43.2 Å². The normalized spacial score (nSPS) is 11.3. The molecule has 2 heterocycles. The fourth-order valence-corrected chi connectivity index (χ4v) is 3.55. The second-order valence-electron chi connectivity index (χ2n) is 6.82. The summed E-state index contributed by atoms with van der Waals surface area (Å²) < 4.78 is 7.04. The first-order chi connectivity index (χ1) is 14.1. The highest BCUT2D eigenvalue weighted by molar-refractivity contribution is 14.0. The van der Waals surface area contributed by atoms with Crippen molar-refractivity contribution in [3.8, 4) is 11.4 Å². The third kappa shape index (κ3) is 6.69. The molecule has 0 saturated carbocycles. The van der Waals surface area contributed by atoms with Crippen LogP contribution in [0.1, 0.15) is 43.1 Å². The lowest BCUT2D eigenvalue weighted by atomic mass is 10.2. The molecule has 7 nitrogen and oxygen atoms in total. The van der Waals surface area contributed by atoms with Gasteiger partial charge in [-0.25, -0.2) is 14.7 Å². The van der Waals surface area contributed by atoms with E-state index in [-0.39, 0.29) is 24.0 Å². The molecule has 0 radical (unpaired) electrons. The highest BCUT2D eigenvalue weighted by Gasteiger charge is 2.07. The predicted octanol–water partition coefficient (Wildman–Crippen LogP) is 4.33. The molecule has 1 aromatic carbocycles. The largest absolute Gasteiger partial charge is 0.497 e. The van der Waals surface area contributed by atoms with Crippen LogP contribution in [0.3, 0.4) is 0 Å². The van der Waals surface area contributed by atoms with Crippen LogP contribution in [0, 0.1) is 0 Å². The van der Waals surface area contributed by atoms with E-state index in [4.69, 9.17) is 4.74 Å². The van der Waals surface area contributed by atoms with Gasteiger partial charge in [0.1, 0.15) is 10.8 Å². The molecule has 0 unspecified atom stereocenters. The van der Waals surface area contributed by atoms with Gasteiger partial charge in [0.2, 0.25) is 0 Å². The lowest BCUT2D eigenvalue weighted by Crippen LogP contribution is -2.36. The van der Waals surface area contributed by atoms with Crippen molar-refractivity contribution < 1.29 is 4.74 Å². The van der Waals surface area contributed by atoms with Gasteiger partial charge in [0.25, 0.3) is 0 Å². The van der Waals surface area contributed by atoms with Crippen LogP contribution in [0.25, 0.3) is 5.69 Å². The fourth-order valence-electron chi connectivity index (χ4n) is 2.66. The molecule has 0 fully saturated rings. The van der Waals surface area contributed by atoms with Gasteiger partial charge in [0.15, 0.2) is 5.96 Å². The second-order valence-corrected chi connectivity index (χ2v) is 7.76. The molecule has 0 aliphatic heterocycles. The van der Waals surface area contributed by atoms with E-state index in [1.165, 1.54) is 0 Å². The van der Waals surface area contributed by atoms with Gasteiger partial charge < -0.3 is 15.4 Å². The summed E-state index contributed by atoms with van der Waals surface area (Å²) in [6.45, 7) is 8.31. The van der Waals surface area contributed by atoms with Crippen LogP contribution < -0.4 is 15.4 Å². The smallest absolute Gasteiger partial charge is 0.191 e. The highest BCUT2D eigenvalue weighted by atomic mass is 127. The Bertz CT molecular complexity index is 935. The fraction of sp³-hybridized carbons (Fsp3) is 0.381. The zero-order valence-corrected chi connectivity index (χ0v) is 20.9. The Morgan fingerprint density at radius 3 is 2.60 bits per heavy atom. The van der Waals surface area contributed by atoms with E-state index in [1.54, 1.807) is 18.4 Å². The molecule has 0 atom stereocenters. The summed E-state index contributed by atoms with van der Waals surface area (Å²) in [4.78, 5) is 9.31. The third-order valence-electron chi connectivity index (χ3n) is 4.29. The Balaban J connectivity index is 0.00000320. The number of guanidine groups is 1. The van der Waals surface area contributed by atoms with Gasteiger partial charge in [-0.15, -0.1) is 35.3 Å². The molecule has 0 saturated heterocycles. The van der Waals surface area contributed by atoms with Crippen molar-refractivity contribution in [1.82, 2.24) is 25.4 Å². The second kappa shape index (κ2) is 11.9. The average Bonchev–Trinajstić information content (AvgIpc) is 3.40. The maximum absolute atomic E-state index is 5.20. The molecule has 9 heteroatoms.